The monoisotopic (exact) mass is 463 g/mol. The zero-order chi connectivity index (χ0) is 24.5. The summed E-state index contributed by atoms with van der Waals surface area (Å²) >= 11 is 0. The van der Waals surface area contributed by atoms with Gasteiger partial charge in [0.25, 0.3) is 0 Å². The molecule has 7 nitrogen and oxygen atoms in total. The molecule has 1 aromatic heterocycles. The number of Topliss-reactive ketones (excluding diaryl/α,β-unsaturated/α-hetero) is 1. The maximum absolute atomic E-state index is 12.9. The molecular formula is C27H29NO6. The van der Waals surface area contributed by atoms with E-state index in [1.807, 2.05) is 67.6 Å². The van der Waals surface area contributed by atoms with Crippen molar-refractivity contribution in [2.24, 2.45) is 5.92 Å². The minimum absolute atomic E-state index is 0.138. The highest BCUT2D eigenvalue weighted by Gasteiger charge is 2.29. The van der Waals surface area contributed by atoms with Gasteiger partial charge >= 0.3 is 5.97 Å². The molecule has 0 aliphatic heterocycles. The molecule has 0 fully saturated rings. The number of carbonyl (C=O) groups excluding carboxylic acids is 2. The van der Waals surface area contributed by atoms with Gasteiger partial charge in [-0.15, -0.1) is 0 Å². The lowest BCUT2D eigenvalue weighted by Gasteiger charge is -2.26. The zero-order valence-corrected chi connectivity index (χ0v) is 19.5. The topological polar surface area (TPSA) is 95.0 Å². The van der Waals surface area contributed by atoms with Crippen LogP contribution in [0.25, 0.3) is 0 Å². The van der Waals surface area contributed by atoms with Crippen LogP contribution in [-0.2, 0) is 16.0 Å². The number of ketones is 1. The molecule has 1 N–H and O–H groups in total. The van der Waals surface area contributed by atoms with Crippen molar-refractivity contribution >= 4 is 11.8 Å². The van der Waals surface area contributed by atoms with Gasteiger partial charge in [0.2, 0.25) is 0 Å². The van der Waals surface area contributed by atoms with Gasteiger partial charge in [-0.25, -0.2) is 4.98 Å². The van der Waals surface area contributed by atoms with Gasteiger partial charge in [0.15, 0.2) is 23.0 Å². The zero-order valence-electron chi connectivity index (χ0n) is 19.5. The Kier molecular flexibility index (Phi) is 8.62. The molecule has 0 spiro atoms. The van der Waals surface area contributed by atoms with Crippen LogP contribution in [0.3, 0.4) is 0 Å². The third kappa shape index (κ3) is 6.57. The number of benzene rings is 2. The van der Waals surface area contributed by atoms with Gasteiger partial charge in [-0.2, -0.15) is 0 Å². The smallest absolute Gasteiger partial charge is 0.309 e. The predicted molar refractivity (Wildman–Crippen MR) is 127 cm³/mol. The Morgan fingerprint density at radius 3 is 2.26 bits per heavy atom. The molecule has 2 aromatic carbocycles. The quantitative estimate of drug-likeness (QED) is 0.327. The van der Waals surface area contributed by atoms with Gasteiger partial charge in [-0.3, -0.25) is 9.59 Å². The van der Waals surface area contributed by atoms with E-state index in [-0.39, 0.29) is 23.6 Å². The number of rotatable bonds is 11. The number of hydrogen-bond acceptors (Lipinski definition) is 7. The van der Waals surface area contributed by atoms with Crippen LogP contribution in [0.2, 0.25) is 0 Å². The lowest BCUT2D eigenvalue weighted by molar-refractivity contribution is -0.157. The van der Waals surface area contributed by atoms with Crippen molar-refractivity contribution in [3.63, 3.8) is 0 Å². The first-order chi connectivity index (χ1) is 16.4. The van der Waals surface area contributed by atoms with Crippen LogP contribution < -0.4 is 9.47 Å². The lowest BCUT2D eigenvalue weighted by atomic mass is 10.0. The highest BCUT2D eigenvalue weighted by molar-refractivity contribution is 5.99. The Bertz CT molecular complexity index is 1090. The SMILES string of the molecule is COc1ccnc(C(=O)C[C@@H](C)C(=O)O[C@H](Cc2ccccc2)[C@H](C)Oc2ccccc2)c1O. The standard InChI is InChI=1S/C27H29NO6/c1-18(16-22(29)25-26(30)23(32-3)14-15-28-25)27(31)34-24(17-20-10-6-4-7-11-20)19(2)33-21-12-8-5-9-13-21/h4-15,18-19,24,30H,16-17H2,1-3H3/t18-,19+,24-/m1/s1. The molecule has 178 valence electrons. The molecule has 0 aliphatic rings. The van der Waals surface area contributed by atoms with E-state index in [9.17, 15) is 14.7 Å². The molecule has 3 atom stereocenters. The molecule has 0 aliphatic carbocycles. The van der Waals surface area contributed by atoms with Crippen molar-refractivity contribution in [3.8, 4) is 17.2 Å². The number of hydrogen-bond donors (Lipinski definition) is 1. The van der Waals surface area contributed by atoms with Crippen molar-refractivity contribution < 1.29 is 28.9 Å². The first-order valence-electron chi connectivity index (χ1n) is 11.1. The molecule has 0 radical (unpaired) electrons. The van der Waals surface area contributed by atoms with E-state index >= 15 is 0 Å². The van der Waals surface area contributed by atoms with E-state index in [0.29, 0.717) is 12.2 Å². The summed E-state index contributed by atoms with van der Waals surface area (Å²) in [5.41, 5.74) is 0.860. The summed E-state index contributed by atoms with van der Waals surface area (Å²) in [5.74, 6) is -1.28. The van der Waals surface area contributed by atoms with Crippen LogP contribution in [0.4, 0.5) is 0 Å². The van der Waals surface area contributed by atoms with Gasteiger partial charge in [0.1, 0.15) is 18.0 Å². The number of methoxy groups -OCH3 is 1. The number of aromatic hydroxyl groups is 1. The van der Waals surface area contributed by atoms with Crippen LogP contribution in [0.15, 0.2) is 72.9 Å². The molecule has 0 saturated carbocycles. The van der Waals surface area contributed by atoms with E-state index < -0.39 is 29.9 Å². The van der Waals surface area contributed by atoms with E-state index in [1.165, 1.54) is 19.4 Å². The molecule has 3 aromatic rings. The fourth-order valence-corrected chi connectivity index (χ4v) is 3.47. The van der Waals surface area contributed by atoms with Crippen LogP contribution in [0.1, 0.15) is 36.3 Å². The van der Waals surface area contributed by atoms with E-state index in [0.717, 1.165) is 5.56 Å². The van der Waals surface area contributed by atoms with Gasteiger partial charge in [0, 0.05) is 25.1 Å². The second-order valence-corrected chi connectivity index (χ2v) is 8.04. The summed E-state index contributed by atoms with van der Waals surface area (Å²) in [7, 11) is 1.38. The van der Waals surface area contributed by atoms with Gasteiger partial charge in [0.05, 0.1) is 13.0 Å². The molecule has 0 unspecified atom stereocenters. The van der Waals surface area contributed by atoms with Gasteiger partial charge in [-0.05, 0) is 24.6 Å². The minimum atomic E-state index is -0.748. The van der Waals surface area contributed by atoms with E-state index in [4.69, 9.17) is 14.2 Å². The molecule has 0 bridgehead atoms. The Morgan fingerprint density at radius 2 is 1.62 bits per heavy atom. The van der Waals surface area contributed by atoms with Crippen molar-refractivity contribution in [2.45, 2.75) is 38.9 Å². The number of para-hydroxylation sites is 1. The van der Waals surface area contributed by atoms with Crippen LogP contribution >= 0.6 is 0 Å². The highest BCUT2D eigenvalue weighted by Crippen LogP contribution is 2.29. The first-order valence-corrected chi connectivity index (χ1v) is 11.1. The number of esters is 1. The molecular weight excluding hydrogens is 434 g/mol. The maximum atomic E-state index is 12.9. The summed E-state index contributed by atoms with van der Waals surface area (Å²) in [4.78, 5) is 29.6. The lowest BCUT2D eigenvalue weighted by Crippen LogP contribution is -2.37. The van der Waals surface area contributed by atoms with Gasteiger partial charge in [-0.1, -0.05) is 55.5 Å². The molecule has 7 heteroatoms. The fraction of sp³-hybridized carbons (Fsp3) is 0.296. The number of carbonyl (C=O) groups is 2. The molecule has 0 saturated heterocycles. The largest absolute Gasteiger partial charge is 0.503 e. The number of ether oxygens (including phenoxy) is 3. The third-order valence-electron chi connectivity index (χ3n) is 5.40. The molecule has 1 heterocycles. The van der Waals surface area contributed by atoms with Crippen molar-refractivity contribution in [2.75, 3.05) is 7.11 Å². The average Bonchev–Trinajstić information content (AvgIpc) is 2.84. The normalized spacial score (nSPS) is 13.4. The molecule has 0 amide bonds. The summed E-state index contributed by atoms with van der Waals surface area (Å²) in [5, 5.41) is 10.2. The van der Waals surface area contributed by atoms with Crippen LogP contribution in [0.5, 0.6) is 17.2 Å². The predicted octanol–water partition coefficient (Wildman–Crippen LogP) is 4.63. The second kappa shape index (κ2) is 11.8. The summed E-state index contributed by atoms with van der Waals surface area (Å²) in [6, 6.07) is 20.5. The Balaban J connectivity index is 1.70. The second-order valence-electron chi connectivity index (χ2n) is 8.04. The third-order valence-corrected chi connectivity index (χ3v) is 5.40. The Labute approximate surface area is 199 Å². The van der Waals surface area contributed by atoms with Crippen LogP contribution in [-0.4, -0.2) is 41.2 Å². The highest BCUT2D eigenvalue weighted by atomic mass is 16.6. The van der Waals surface area contributed by atoms with Crippen LogP contribution in [0, 0.1) is 5.92 Å². The summed E-state index contributed by atoms with van der Waals surface area (Å²) in [6.45, 7) is 3.46. The number of pyridine rings is 1. The summed E-state index contributed by atoms with van der Waals surface area (Å²) in [6.07, 6.45) is 0.653. The number of nitrogens with zero attached hydrogens (tertiary/aromatic N) is 1. The van der Waals surface area contributed by atoms with E-state index in [1.54, 1.807) is 6.92 Å². The molecule has 3 rings (SSSR count). The molecule has 34 heavy (non-hydrogen) atoms. The van der Waals surface area contributed by atoms with Crippen molar-refractivity contribution in [1.82, 2.24) is 4.98 Å². The average molecular weight is 464 g/mol. The Hall–Kier alpha value is -3.87. The maximum Gasteiger partial charge on any atom is 0.309 e. The first kappa shape index (κ1) is 24.8. The number of aromatic nitrogens is 1. The van der Waals surface area contributed by atoms with Crippen molar-refractivity contribution in [3.05, 3.63) is 84.2 Å². The minimum Gasteiger partial charge on any atom is -0.503 e. The Morgan fingerprint density at radius 1 is 0.971 bits per heavy atom. The summed E-state index contributed by atoms with van der Waals surface area (Å²) < 4.78 is 16.9. The van der Waals surface area contributed by atoms with E-state index in [2.05, 4.69) is 4.98 Å². The fourth-order valence-electron chi connectivity index (χ4n) is 3.47. The van der Waals surface area contributed by atoms with Crippen molar-refractivity contribution in [1.29, 1.82) is 0 Å². The van der Waals surface area contributed by atoms with Gasteiger partial charge < -0.3 is 19.3 Å².